The monoisotopic (exact) mass is 162 g/mol. The van der Waals surface area contributed by atoms with Crippen molar-refractivity contribution in [3.63, 3.8) is 0 Å². The zero-order valence-corrected chi connectivity index (χ0v) is 8.13. The molecular weight excluding hydrogens is 148 g/mol. The Bertz CT molecular complexity index is 103. The van der Waals surface area contributed by atoms with Crippen LogP contribution in [0.25, 0.3) is 0 Å². The quantitative estimate of drug-likeness (QED) is 0.260. The van der Waals surface area contributed by atoms with E-state index in [4.69, 9.17) is 4.43 Å². The van der Waals surface area contributed by atoms with Crippen molar-refractivity contribution >= 4 is 15.7 Å². The molecule has 0 amide bonds. The maximum Gasteiger partial charge on any atom is 0.304 e. The minimum atomic E-state index is -0.474. The Morgan fingerprint density at radius 2 is 2.20 bits per heavy atom. The molecule has 0 saturated heterocycles. The first kappa shape index (κ1) is 9.65. The van der Waals surface area contributed by atoms with E-state index in [9.17, 15) is 4.79 Å². The smallest absolute Gasteiger partial charge is 0.304 e. The molecule has 60 valence electrons. The molecular formula is C6H14O3Si. The summed E-state index contributed by atoms with van der Waals surface area (Å²) in [6.07, 6.45) is 0. The fourth-order valence-corrected chi connectivity index (χ4v) is 1.06. The van der Waals surface area contributed by atoms with Crippen LogP contribution in [0.1, 0.15) is 20.8 Å². The minimum Gasteiger partial charge on any atom is -0.440 e. The maximum atomic E-state index is 10.2. The maximum absolute atomic E-state index is 10.2. The molecule has 0 aromatic rings. The highest BCUT2D eigenvalue weighted by molar-refractivity contribution is 6.29. The largest absolute Gasteiger partial charge is 0.440 e. The molecule has 0 aromatic carbocycles. The molecule has 0 bridgehead atoms. The lowest BCUT2D eigenvalue weighted by molar-refractivity contribution is -0.147. The summed E-state index contributed by atoms with van der Waals surface area (Å²) in [5, 5.41) is 0. The van der Waals surface area contributed by atoms with Gasteiger partial charge in [0.2, 0.25) is 0 Å². The van der Waals surface area contributed by atoms with E-state index < -0.39 is 9.76 Å². The normalized spacial score (nSPS) is 11.2. The van der Waals surface area contributed by atoms with E-state index >= 15 is 0 Å². The van der Waals surface area contributed by atoms with Gasteiger partial charge in [0.25, 0.3) is 0 Å². The van der Waals surface area contributed by atoms with Crippen LogP contribution >= 0.6 is 0 Å². The molecule has 0 atom stereocenters. The number of rotatable bonds is 4. The third-order valence-electron chi connectivity index (χ3n) is 0.797. The Hall–Kier alpha value is -0.353. The van der Waals surface area contributed by atoms with E-state index in [1.54, 1.807) is 0 Å². The highest BCUT2D eigenvalue weighted by atomic mass is 28.2. The van der Waals surface area contributed by atoms with Crippen molar-refractivity contribution in [2.75, 3.05) is 6.79 Å². The van der Waals surface area contributed by atoms with Crippen molar-refractivity contribution in [2.24, 2.45) is 0 Å². The summed E-state index contributed by atoms with van der Waals surface area (Å²) in [5.41, 5.74) is 0.621. The van der Waals surface area contributed by atoms with Gasteiger partial charge >= 0.3 is 5.97 Å². The zero-order chi connectivity index (χ0) is 7.98. The van der Waals surface area contributed by atoms with Crippen LogP contribution in [0.15, 0.2) is 0 Å². The Balaban J connectivity index is 2.98. The SMILES string of the molecule is CC(=O)OCO[SiH2]C(C)C. The van der Waals surface area contributed by atoms with Crippen molar-refractivity contribution in [1.82, 2.24) is 0 Å². The van der Waals surface area contributed by atoms with E-state index in [-0.39, 0.29) is 12.8 Å². The van der Waals surface area contributed by atoms with Crippen molar-refractivity contribution in [2.45, 2.75) is 26.3 Å². The van der Waals surface area contributed by atoms with Crippen molar-refractivity contribution in [1.29, 1.82) is 0 Å². The Morgan fingerprint density at radius 1 is 1.60 bits per heavy atom. The fraction of sp³-hybridized carbons (Fsp3) is 0.833. The first-order valence-electron chi connectivity index (χ1n) is 3.34. The standard InChI is InChI=1S/C6H14O3Si/c1-5(2)10-9-4-8-6(3)7/h5H,4,10H2,1-3H3. The van der Waals surface area contributed by atoms with Crippen LogP contribution in [0.5, 0.6) is 0 Å². The highest BCUT2D eigenvalue weighted by Gasteiger charge is 1.95. The topological polar surface area (TPSA) is 35.5 Å². The molecule has 0 unspecified atom stereocenters. The number of carbonyl (C=O) groups is 1. The first-order chi connectivity index (χ1) is 4.63. The molecule has 0 saturated carbocycles. The van der Waals surface area contributed by atoms with Crippen LogP contribution in [0.3, 0.4) is 0 Å². The number of carbonyl (C=O) groups excluding carboxylic acids is 1. The van der Waals surface area contributed by atoms with Gasteiger partial charge in [0.1, 0.15) is 0 Å². The summed E-state index contributed by atoms with van der Waals surface area (Å²) in [5.74, 6) is -0.280. The molecule has 0 heterocycles. The third-order valence-corrected chi connectivity index (χ3v) is 1.87. The van der Waals surface area contributed by atoms with Gasteiger partial charge in [-0.15, -0.1) is 0 Å². The Labute approximate surface area is 63.7 Å². The molecule has 0 fully saturated rings. The Morgan fingerprint density at radius 3 is 2.60 bits per heavy atom. The minimum absolute atomic E-state index is 0.139. The highest BCUT2D eigenvalue weighted by Crippen LogP contribution is 1.96. The van der Waals surface area contributed by atoms with E-state index in [1.807, 2.05) is 0 Å². The second-order valence-corrected chi connectivity index (χ2v) is 4.89. The summed E-state index contributed by atoms with van der Waals surface area (Å²) in [6, 6.07) is 0. The average molecular weight is 162 g/mol. The van der Waals surface area contributed by atoms with Gasteiger partial charge in [-0.25, -0.2) is 0 Å². The van der Waals surface area contributed by atoms with Crippen molar-refractivity contribution in [3.8, 4) is 0 Å². The lowest BCUT2D eigenvalue weighted by Gasteiger charge is -2.04. The van der Waals surface area contributed by atoms with Crippen LogP contribution in [0.4, 0.5) is 0 Å². The van der Waals surface area contributed by atoms with E-state index in [0.29, 0.717) is 5.54 Å². The molecule has 0 rings (SSSR count). The lowest BCUT2D eigenvalue weighted by Crippen LogP contribution is -2.09. The molecule has 10 heavy (non-hydrogen) atoms. The van der Waals surface area contributed by atoms with Gasteiger partial charge in [0.15, 0.2) is 16.6 Å². The van der Waals surface area contributed by atoms with Crippen LogP contribution < -0.4 is 0 Å². The van der Waals surface area contributed by atoms with Gasteiger partial charge in [0.05, 0.1) is 0 Å². The molecule has 0 aliphatic heterocycles. The number of hydrogen-bond donors (Lipinski definition) is 0. The fourth-order valence-electron chi connectivity index (χ4n) is 0.408. The van der Waals surface area contributed by atoms with Gasteiger partial charge in [-0.3, -0.25) is 4.79 Å². The van der Waals surface area contributed by atoms with Crippen molar-refractivity contribution in [3.05, 3.63) is 0 Å². The van der Waals surface area contributed by atoms with Gasteiger partial charge in [-0.05, 0) is 5.54 Å². The molecule has 4 heteroatoms. The molecule has 0 aliphatic rings. The molecule has 0 radical (unpaired) electrons. The van der Waals surface area contributed by atoms with Crippen molar-refractivity contribution < 1.29 is 14.0 Å². The van der Waals surface area contributed by atoms with E-state index in [1.165, 1.54) is 6.92 Å². The third kappa shape index (κ3) is 7.65. The number of esters is 1. The van der Waals surface area contributed by atoms with Gasteiger partial charge in [0, 0.05) is 6.92 Å². The molecule has 3 nitrogen and oxygen atoms in total. The summed E-state index contributed by atoms with van der Waals surface area (Å²) in [7, 11) is -0.474. The number of ether oxygens (including phenoxy) is 1. The van der Waals surface area contributed by atoms with Crippen LogP contribution in [-0.2, 0) is 14.0 Å². The Kier molecular flexibility index (Phi) is 5.24. The predicted octanol–water partition coefficient (Wildman–Crippen LogP) is 0.436. The van der Waals surface area contributed by atoms with Gasteiger partial charge in [-0.2, -0.15) is 0 Å². The summed E-state index contributed by atoms with van der Waals surface area (Å²) < 4.78 is 9.67. The van der Waals surface area contributed by atoms with Crippen LogP contribution in [0.2, 0.25) is 5.54 Å². The molecule has 0 aliphatic carbocycles. The summed E-state index contributed by atoms with van der Waals surface area (Å²) in [6.45, 7) is 5.71. The molecule has 0 aromatic heterocycles. The van der Waals surface area contributed by atoms with Crippen LogP contribution in [-0.4, -0.2) is 22.5 Å². The first-order valence-corrected chi connectivity index (χ1v) is 4.73. The zero-order valence-electron chi connectivity index (χ0n) is 6.72. The lowest BCUT2D eigenvalue weighted by atomic mass is 10.6. The average Bonchev–Trinajstić information content (AvgIpc) is 1.79. The van der Waals surface area contributed by atoms with Gasteiger partial charge in [-0.1, -0.05) is 13.8 Å². The summed E-state index contributed by atoms with van der Waals surface area (Å²) in [4.78, 5) is 10.2. The second-order valence-electron chi connectivity index (χ2n) is 2.52. The molecule has 0 N–H and O–H groups in total. The van der Waals surface area contributed by atoms with E-state index in [2.05, 4.69) is 18.6 Å². The predicted molar refractivity (Wildman–Crippen MR) is 41.4 cm³/mol. The summed E-state index contributed by atoms with van der Waals surface area (Å²) >= 11 is 0. The van der Waals surface area contributed by atoms with Crippen LogP contribution in [0, 0.1) is 0 Å². The number of hydrogen-bond acceptors (Lipinski definition) is 3. The van der Waals surface area contributed by atoms with Gasteiger partial charge < -0.3 is 9.16 Å². The molecule has 0 spiro atoms. The van der Waals surface area contributed by atoms with E-state index in [0.717, 1.165) is 0 Å². The second kappa shape index (κ2) is 5.43.